The maximum Gasteiger partial charge on any atom is 0.418 e. The number of anilines is 1. The van der Waals surface area contributed by atoms with Gasteiger partial charge in [-0.1, -0.05) is 19.1 Å². The number of nitrogens with zero attached hydrogens (tertiary/aromatic N) is 4. The molecule has 1 saturated heterocycles. The number of nitrogens with two attached hydrogens (primary N) is 1. The lowest BCUT2D eigenvalue weighted by Gasteiger charge is -2.30. The van der Waals surface area contributed by atoms with Crippen molar-refractivity contribution in [2.75, 3.05) is 18.8 Å². The van der Waals surface area contributed by atoms with Crippen molar-refractivity contribution in [1.82, 2.24) is 24.8 Å². The predicted octanol–water partition coefficient (Wildman–Crippen LogP) is 4.66. The van der Waals surface area contributed by atoms with Crippen LogP contribution in [0, 0.1) is 5.92 Å². The van der Waals surface area contributed by atoms with Gasteiger partial charge in [-0.15, -0.1) is 0 Å². The molecule has 41 heavy (non-hydrogen) atoms. The maximum absolute atomic E-state index is 15.0. The summed E-state index contributed by atoms with van der Waals surface area (Å²) in [6.45, 7) is 1.40. The second-order valence-electron chi connectivity index (χ2n) is 10.5. The number of nitrogens with one attached hydrogen (secondary N) is 1. The highest BCUT2D eigenvalue weighted by atomic mass is 19.4. The fourth-order valence-electron chi connectivity index (χ4n) is 5.62. The first-order valence-electron chi connectivity index (χ1n) is 13.2. The van der Waals surface area contributed by atoms with Crippen LogP contribution in [0.25, 0.3) is 16.8 Å². The first-order valence-corrected chi connectivity index (χ1v) is 13.2. The summed E-state index contributed by atoms with van der Waals surface area (Å²) in [6.07, 6.45) is -5.65. The largest absolute Gasteiger partial charge is 0.418 e. The Morgan fingerprint density at radius 1 is 1.15 bits per heavy atom. The van der Waals surface area contributed by atoms with Crippen LogP contribution in [0.3, 0.4) is 0 Å². The third kappa shape index (κ3) is 5.55. The van der Waals surface area contributed by atoms with Gasteiger partial charge in [-0.25, -0.2) is 22.7 Å². The molecule has 14 heteroatoms. The molecular weight excluding hydrogens is 554 g/mol. The van der Waals surface area contributed by atoms with Gasteiger partial charge in [0, 0.05) is 36.4 Å². The molecule has 1 aliphatic heterocycles. The summed E-state index contributed by atoms with van der Waals surface area (Å²) in [7, 11) is 0. The number of halogens is 6. The van der Waals surface area contributed by atoms with Gasteiger partial charge in [0.25, 0.3) is 5.91 Å². The molecule has 0 unspecified atom stereocenters. The number of hydrogen-bond acceptors (Lipinski definition) is 5. The Morgan fingerprint density at radius 2 is 1.85 bits per heavy atom. The summed E-state index contributed by atoms with van der Waals surface area (Å²) < 4.78 is 84.3. The number of amides is 2. The van der Waals surface area contributed by atoms with Crippen LogP contribution in [-0.2, 0) is 17.4 Å². The summed E-state index contributed by atoms with van der Waals surface area (Å²) in [5.74, 6) is -4.84. The van der Waals surface area contributed by atoms with Crippen molar-refractivity contribution in [1.29, 1.82) is 0 Å². The Bertz CT molecular complexity index is 1480. The molecule has 220 valence electrons. The van der Waals surface area contributed by atoms with Gasteiger partial charge < -0.3 is 16.0 Å². The molecule has 3 N–H and O–H groups in total. The fraction of sp³-hybridized carbons (Fsp3) is 0.481. The number of carbonyl (C=O) groups excluding carboxylic acids is 2. The van der Waals surface area contributed by atoms with E-state index in [-0.39, 0.29) is 48.6 Å². The average molecular weight is 583 g/mol. The lowest BCUT2D eigenvalue weighted by molar-refractivity contribution is -0.139. The van der Waals surface area contributed by atoms with E-state index in [4.69, 9.17) is 5.73 Å². The smallest absolute Gasteiger partial charge is 0.382 e. The number of hydrogen-bond donors (Lipinski definition) is 2. The third-order valence-electron chi connectivity index (χ3n) is 7.86. The molecule has 3 aromatic rings. The lowest BCUT2D eigenvalue weighted by atomic mass is 9.86. The molecule has 5 rings (SSSR count). The number of fused-ring (bicyclic) bond motifs is 1. The van der Waals surface area contributed by atoms with Crippen molar-refractivity contribution in [3.63, 3.8) is 0 Å². The van der Waals surface area contributed by atoms with Gasteiger partial charge in [0.05, 0.1) is 23.8 Å². The van der Waals surface area contributed by atoms with Gasteiger partial charge in [0.2, 0.25) is 11.8 Å². The van der Waals surface area contributed by atoms with Crippen LogP contribution < -0.4 is 11.1 Å². The van der Waals surface area contributed by atoms with Crippen molar-refractivity contribution in [2.24, 2.45) is 5.92 Å². The molecule has 2 aliphatic rings. The van der Waals surface area contributed by atoms with E-state index < -0.39 is 66.0 Å². The van der Waals surface area contributed by atoms with E-state index in [0.29, 0.717) is 12.0 Å². The summed E-state index contributed by atoms with van der Waals surface area (Å²) >= 11 is 0. The highest BCUT2D eigenvalue weighted by Crippen LogP contribution is 2.39. The zero-order valence-corrected chi connectivity index (χ0v) is 22.0. The topological polar surface area (TPSA) is 106 Å². The molecule has 0 spiro atoms. The number of aryl methyl sites for hydroxylation is 1. The minimum atomic E-state index is -4.74. The zero-order valence-electron chi connectivity index (χ0n) is 22.0. The van der Waals surface area contributed by atoms with E-state index in [1.807, 2.05) is 0 Å². The predicted molar refractivity (Wildman–Crippen MR) is 137 cm³/mol. The number of aromatic nitrogens is 3. The SMILES string of the molecule is CCc1ccc(-c2cc(C(F)(F)F)c3c(N)ncnn23)cc1C(=O)N[C@@H]1CN(C(=O)C2CCC(F)(F)CC2)C[C@@H]1F. The van der Waals surface area contributed by atoms with Gasteiger partial charge in [-0.2, -0.15) is 18.3 Å². The van der Waals surface area contributed by atoms with Crippen LogP contribution in [0.15, 0.2) is 30.6 Å². The molecule has 8 nitrogen and oxygen atoms in total. The number of benzene rings is 1. The molecule has 2 atom stereocenters. The number of alkyl halides is 6. The molecule has 2 amide bonds. The number of likely N-dealkylation sites (tertiary alicyclic amines) is 1. The van der Waals surface area contributed by atoms with E-state index in [9.17, 15) is 35.9 Å². The van der Waals surface area contributed by atoms with Crippen LogP contribution >= 0.6 is 0 Å². The Balaban J connectivity index is 1.38. The summed E-state index contributed by atoms with van der Waals surface area (Å²) in [6, 6.07) is 4.39. The highest BCUT2D eigenvalue weighted by Gasteiger charge is 2.43. The molecule has 0 bridgehead atoms. The third-order valence-corrected chi connectivity index (χ3v) is 7.86. The van der Waals surface area contributed by atoms with Crippen molar-refractivity contribution < 1.29 is 35.9 Å². The minimum Gasteiger partial charge on any atom is -0.382 e. The van der Waals surface area contributed by atoms with Crippen LogP contribution in [0.5, 0.6) is 0 Å². The van der Waals surface area contributed by atoms with Crippen LogP contribution in [0.1, 0.15) is 54.1 Å². The molecule has 0 radical (unpaired) electrons. The highest BCUT2D eigenvalue weighted by molar-refractivity contribution is 5.97. The normalized spacial score (nSPS) is 21.4. The fourth-order valence-corrected chi connectivity index (χ4v) is 5.62. The number of rotatable bonds is 5. The first kappa shape index (κ1) is 28.7. The van der Waals surface area contributed by atoms with E-state index in [1.165, 1.54) is 11.0 Å². The summed E-state index contributed by atoms with van der Waals surface area (Å²) in [5.41, 5.74) is 5.24. The summed E-state index contributed by atoms with van der Waals surface area (Å²) in [5, 5.41) is 6.55. The molecule has 3 heterocycles. The van der Waals surface area contributed by atoms with Crippen molar-refractivity contribution in [3.05, 3.63) is 47.3 Å². The summed E-state index contributed by atoms with van der Waals surface area (Å²) in [4.78, 5) is 31.1. The van der Waals surface area contributed by atoms with Crippen molar-refractivity contribution >= 4 is 23.1 Å². The van der Waals surface area contributed by atoms with E-state index in [2.05, 4.69) is 15.4 Å². The zero-order chi connectivity index (χ0) is 29.7. The number of nitrogen functional groups attached to an aromatic ring is 1. The maximum atomic E-state index is 15.0. The second kappa shape index (κ2) is 10.5. The lowest BCUT2D eigenvalue weighted by Crippen LogP contribution is -2.43. The Hall–Kier alpha value is -3.84. The quantitative estimate of drug-likeness (QED) is 0.426. The van der Waals surface area contributed by atoms with Gasteiger partial charge in [0.1, 0.15) is 18.0 Å². The van der Waals surface area contributed by atoms with Crippen LogP contribution in [0.4, 0.5) is 32.2 Å². The standard InChI is InChI=1S/C27H28F6N6O2/c1-2-14-3-4-16(21-10-18(27(31,32)33)22-23(34)35-13-36-39(21)22)9-17(14)24(40)37-20-12-38(11-19(20)28)25(41)15-5-7-26(29,30)8-6-15/h3-4,9-10,13,15,19-20H,2,5-8,11-12H2,1H3,(H,37,40)(H2,34,35,36)/t19-,20+/m0/s1. The van der Waals surface area contributed by atoms with Crippen molar-refractivity contribution in [2.45, 2.75) is 63.3 Å². The Labute approximate surface area is 230 Å². The number of carbonyl (C=O) groups is 2. The van der Waals surface area contributed by atoms with Gasteiger partial charge >= 0.3 is 6.18 Å². The van der Waals surface area contributed by atoms with Crippen LogP contribution in [-0.4, -0.2) is 62.5 Å². The van der Waals surface area contributed by atoms with E-state index in [0.717, 1.165) is 16.9 Å². The Morgan fingerprint density at radius 3 is 2.51 bits per heavy atom. The van der Waals surface area contributed by atoms with Crippen molar-refractivity contribution in [3.8, 4) is 11.3 Å². The molecule has 2 aromatic heterocycles. The molecule has 2 fully saturated rings. The minimum absolute atomic E-state index is 0.0179. The molecule has 1 aromatic carbocycles. The van der Waals surface area contributed by atoms with Gasteiger partial charge in [-0.3, -0.25) is 9.59 Å². The first-order chi connectivity index (χ1) is 19.3. The Kier molecular flexibility index (Phi) is 7.36. The molecular formula is C27H28F6N6O2. The van der Waals surface area contributed by atoms with E-state index >= 15 is 0 Å². The molecule has 1 aliphatic carbocycles. The monoisotopic (exact) mass is 582 g/mol. The average Bonchev–Trinajstić information content (AvgIpc) is 3.49. The van der Waals surface area contributed by atoms with Gasteiger partial charge in [0.15, 0.2) is 5.82 Å². The molecule has 1 saturated carbocycles. The van der Waals surface area contributed by atoms with E-state index in [1.54, 1.807) is 19.1 Å². The second-order valence-corrected chi connectivity index (χ2v) is 10.5. The van der Waals surface area contributed by atoms with Gasteiger partial charge in [-0.05, 0) is 37.0 Å². The van der Waals surface area contributed by atoms with Crippen LogP contribution in [0.2, 0.25) is 0 Å².